The molecule has 0 atom stereocenters. The molecule has 1 saturated heterocycles. The molecule has 1 N–H and O–H groups in total. The lowest BCUT2D eigenvalue weighted by Gasteiger charge is -2.31. The van der Waals surface area contributed by atoms with E-state index in [1.807, 2.05) is 18.2 Å². The van der Waals surface area contributed by atoms with Crippen molar-refractivity contribution < 1.29 is 14.1 Å². The maximum absolute atomic E-state index is 12.3. The van der Waals surface area contributed by atoms with Crippen LogP contribution in [0.3, 0.4) is 0 Å². The lowest BCUT2D eigenvalue weighted by Crippen LogP contribution is -2.46. The number of aryl methyl sites for hydroxylation is 1. The van der Waals surface area contributed by atoms with Crippen LogP contribution in [0.1, 0.15) is 39.4 Å². The first-order valence-corrected chi connectivity index (χ1v) is 7.72. The predicted octanol–water partition coefficient (Wildman–Crippen LogP) is 2.02. The van der Waals surface area contributed by atoms with Crippen molar-refractivity contribution in [1.29, 1.82) is 0 Å². The molecule has 1 aliphatic heterocycles. The molecule has 1 aliphatic rings. The van der Waals surface area contributed by atoms with E-state index in [9.17, 15) is 9.59 Å². The quantitative estimate of drug-likeness (QED) is 0.940. The molecule has 23 heavy (non-hydrogen) atoms. The second-order valence-corrected chi connectivity index (χ2v) is 5.73. The van der Waals surface area contributed by atoms with Gasteiger partial charge in [0.15, 0.2) is 5.69 Å². The Bertz CT molecular complexity index is 688. The summed E-state index contributed by atoms with van der Waals surface area (Å²) in [7, 11) is 0. The maximum Gasteiger partial charge on any atom is 0.276 e. The fraction of sp³-hybridized carbons (Fsp3) is 0.353. The van der Waals surface area contributed by atoms with Gasteiger partial charge in [-0.25, -0.2) is 0 Å². The van der Waals surface area contributed by atoms with E-state index < -0.39 is 0 Å². The topological polar surface area (TPSA) is 75.4 Å². The largest absolute Gasteiger partial charge is 0.361 e. The smallest absolute Gasteiger partial charge is 0.276 e. The summed E-state index contributed by atoms with van der Waals surface area (Å²) in [6.45, 7) is 2.96. The van der Waals surface area contributed by atoms with Crippen molar-refractivity contribution >= 4 is 11.8 Å². The van der Waals surface area contributed by atoms with Crippen LogP contribution in [0.4, 0.5) is 0 Å². The molecule has 120 valence electrons. The van der Waals surface area contributed by atoms with E-state index in [0.717, 1.165) is 12.8 Å². The molecule has 0 radical (unpaired) electrons. The zero-order valence-electron chi connectivity index (χ0n) is 13.0. The molecular weight excluding hydrogens is 294 g/mol. The summed E-state index contributed by atoms with van der Waals surface area (Å²) < 4.78 is 4.94. The van der Waals surface area contributed by atoms with Crippen LogP contribution >= 0.6 is 0 Å². The number of nitrogens with zero attached hydrogens (tertiary/aromatic N) is 2. The van der Waals surface area contributed by atoms with Crippen LogP contribution in [0.15, 0.2) is 40.9 Å². The van der Waals surface area contributed by atoms with Crippen LogP contribution < -0.4 is 5.32 Å². The summed E-state index contributed by atoms with van der Waals surface area (Å²) in [6.07, 6.45) is 1.47. The van der Waals surface area contributed by atoms with Gasteiger partial charge in [0.05, 0.1) is 0 Å². The fourth-order valence-corrected chi connectivity index (χ4v) is 2.71. The lowest BCUT2D eigenvalue weighted by molar-refractivity contribution is 0.0688. The Balaban J connectivity index is 1.52. The highest BCUT2D eigenvalue weighted by molar-refractivity contribution is 5.94. The molecule has 2 amide bonds. The minimum Gasteiger partial charge on any atom is -0.361 e. The lowest BCUT2D eigenvalue weighted by atomic mass is 10.0. The van der Waals surface area contributed by atoms with Crippen LogP contribution in [0.2, 0.25) is 0 Å². The van der Waals surface area contributed by atoms with Crippen molar-refractivity contribution in [3.63, 3.8) is 0 Å². The van der Waals surface area contributed by atoms with Crippen molar-refractivity contribution in [3.05, 3.63) is 53.4 Å². The number of benzene rings is 1. The van der Waals surface area contributed by atoms with Gasteiger partial charge in [0.1, 0.15) is 5.76 Å². The second-order valence-electron chi connectivity index (χ2n) is 5.73. The summed E-state index contributed by atoms with van der Waals surface area (Å²) in [6, 6.07) is 10.9. The summed E-state index contributed by atoms with van der Waals surface area (Å²) in [5.74, 6) is 0.440. The number of hydrogen-bond acceptors (Lipinski definition) is 4. The molecule has 6 nitrogen and oxygen atoms in total. The van der Waals surface area contributed by atoms with E-state index in [0.29, 0.717) is 30.1 Å². The van der Waals surface area contributed by atoms with Crippen LogP contribution in [-0.2, 0) is 0 Å². The average molecular weight is 313 g/mol. The third-order valence-corrected chi connectivity index (χ3v) is 4.00. The normalized spacial score (nSPS) is 15.4. The first-order valence-electron chi connectivity index (χ1n) is 7.72. The van der Waals surface area contributed by atoms with E-state index in [4.69, 9.17) is 4.52 Å². The number of aromatic nitrogens is 1. The number of carbonyl (C=O) groups is 2. The maximum atomic E-state index is 12.3. The number of hydrogen-bond donors (Lipinski definition) is 1. The molecule has 0 aliphatic carbocycles. The molecule has 0 spiro atoms. The van der Waals surface area contributed by atoms with E-state index >= 15 is 0 Å². The van der Waals surface area contributed by atoms with E-state index in [1.165, 1.54) is 0 Å². The standard InChI is InChI=1S/C17H19N3O3/c1-12-11-15(19-23-12)17(22)20-9-7-14(8-10-20)18-16(21)13-5-3-2-4-6-13/h2-6,11,14H,7-10H2,1H3,(H,18,21). The number of likely N-dealkylation sites (tertiary alicyclic amines) is 1. The summed E-state index contributed by atoms with van der Waals surface area (Å²) in [5.41, 5.74) is 0.998. The summed E-state index contributed by atoms with van der Waals surface area (Å²) in [5, 5.41) is 6.79. The number of nitrogens with one attached hydrogen (secondary N) is 1. The molecule has 1 fully saturated rings. The number of rotatable bonds is 3. The molecule has 2 heterocycles. The molecule has 2 aromatic rings. The van der Waals surface area contributed by atoms with Gasteiger partial charge in [-0.2, -0.15) is 0 Å². The predicted molar refractivity (Wildman–Crippen MR) is 84.1 cm³/mol. The van der Waals surface area contributed by atoms with Gasteiger partial charge in [-0.3, -0.25) is 9.59 Å². The van der Waals surface area contributed by atoms with E-state index in [1.54, 1.807) is 30.0 Å². The monoisotopic (exact) mass is 313 g/mol. The van der Waals surface area contributed by atoms with Crippen molar-refractivity contribution in [2.45, 2.75) is 25.8 Å². The molecule has 0 saturated carbocycles. The van der Waals surface area contributed by atoms with Gasteiger partial charge < -0.3 is 14.7 Å². The Morgan fingerprint density at radius 2 is 1.91 bits per heavy atom. The Hall–Kier alpha value is -2.63. The minimum absolute atomic E-state index is 0.0671. The van der Waals surface area contributed by atoms with Crippen molar-refractivity contribution in [3.8, 4) is 0 Å². The van der Waals surface area contributed by atoms with E-state index in [-0.39, 0.29) is 17.9 Å². The van der Waals surface area contributed by atoms with Crippen molar-refractivity contribution in [1.82, 2.24) is 15.4 Å². The Labute approximate surface area is 134 Å². The Kier molecular flexibility index (Phi) is 4.41. The third kappa shape index (κ3) is 3.59. The van der Waals surface area contributed by atoms with E-state index in [2.05, 4.69) is 10.5 Å². The first-order chi connectivity index (χ1) is 11.1. The molecule has 6 heteroatoms. The van der Waals surface area contributed by atoms with Gasteiger partial charge in [-0.15, -0.1) is 0 Å². The van der Waals surface area contributed by atoms with Gasteiger partial charge in [0.2, 0.25) is 0 Å². The number of piperidine rings is 1. The van der Waals surface area contributed by atoms with Crippen LogP contribution in [0.25, 0.3) is 0 Å². The first kappa shape index (κ1) is 15.3. The SMILES string of the molecule is Cc1cc(C(=O)N2CCC(NC(=O)c3ccccc3)CC2)no1. The van der Waals surface area contributed by atoms with Crippen molar-refractivity contribution in [2.24, 2.45) is 0 Å². The molecule has 0 bridgehead atoms. The fourth-order valence-electron chi connectivity index (χ4n) is 2.71. The highest BCUT2D eigenvalue weighted by atomic mass is 16.5. The van der Waals surface area contributed by atoms with Crippen LogP contribution in [-0.4, -0.2) is 41.0 Å². The van der Waals surface area contributed by atoms with Gasteiger partial charge in [-0.1, -0.05) is 23.4 Å². The minimum atomic E-state index is -0.116. The third-order valence-electron chi connectivity index (χ3n) is 4.00. The Morgan fingerprint density at radius 3 is 2.52 bits per heavy atom. The van der Waals surface area contributed by atoms with Gasteiger partial charge in [0, 0.05) is 30.8 Å². The summed E-state index contributed by atoms with van der Waals surface area (Å²) in [4.78, 5) is 26.2. The van der Waals surface area contributed by atoms with Gasteiger partial charge in [-0.05, 0) is 31.9 Å². The van der Waals surface area contributed by atoms with Gasteiger partial charge >= 0.3 is 0 Å². The highest BCUT2D eigenvalue weighted by Crippen LogP contribution is 2.14. The van der Waals surface area contributed by atoms with Crippen molar-refractivity contribution in [2.75, 3.05) is 13.1 Å². The number of carbonyl (C=O) groups excluding carboxylic acids is 2. The molecule has 3 rings (SSSR count). The van der Waals surface area contributed by atoms with Gasteiger partial charge in [0.25, 0.3) is 11.8 Å². The molecule has 0 unspecified atom stereocenters. The van der Waals surface area contributed by atoms with Crippen LogP contribution in [0.5, 0.6) is 0 Å². The molecular formula is C17H19N3O3. The highest BCUT2D eigenvalue weighted by Gasteiger charge is 2.26. The average Bonchev–Trinajstić information content (AvgIpc) is 3.02. The van der Waals surface area contributed by atoms with Crippen LogP contribution in [0, 0.1) is 6.92 Å². The second kappa shape index (κ2) is 6.64. The summed E-state index contributed by atoms with van der Waals surface area (Å²) >= 11 is 0. The number of amides is 2. The Morgan fingerprint density at radius 1 is 1.22 bits per heavy atom. The molecule has 1 aromatic carbocycles. The molecule has 1 aromatic heterocycles. The zero-order chi connectivity index (χ0) is 16.2. The zero-order valence-corrected chi connectivity index (χ0v) is 13.0.